The van der Waals surface area contributed by atoms with Crippen molar-refractivity contribution in [2.75, 3.05) is 25.0 Å². The minimum Gasteiger partial charge on any atom is -0.361 e. The number of nitrogens with one attached hydrogen (secondary N) is 1. The zero-order valence-electron chi connectivity index (χ0n) is 13.1. The zero-order chi connectivity index (χ0) is 15.4. The predicted octanol–water partition coefficient (Wildman–Crippen LogP) is 2.18. The van der Waals surface area contributed by atoms with Gasteiger partial charge in [0.25, 0.3) is 0 Å². The Labute approximate surface area is 125 Å². The Hall–Kier alpha value is -1.63. The van der Waals surface area contributed by atoms with E-state index in [4.69, 9.17) is 0 Å². The molecule has 0 aromatic carbocycles. The number of nitrogens with zero attached hydrogens (tertiary/aromatic N) is 4. The van der Waals surface area contributed by atoms with Crippen molar-refractivity contribution in [2.45, 2.75) is 45.6 Å². The summed E-state index contributed by atoms with van der Waals surface area (Å²) in [5, 5.41) is 19.1. The van der Waals surface area contributed by atoms with Gasteiger partial charge in [-0.05, 0) is 32.4 Å². The summed E-state index contributed by atoms with van der Waals surface area (Å²) in [5.41, 5.74) is 0.726. The highest BCUT2D eigenvalue weighted by Gasteiger charge is 2.29. The van der Waals surface area contributed by atoms with Crippen LogP contribution in [-0.2, 0) is 13.5 Å². The molecule has 0 amide bonds. The molecule has 0 bridgehead atoms. The fourth-order valence-electron chi connectivity index (χ4n) is 2.98. The first kappa shape index (κ1) is 15.8. The second-order valence-corrected chi connectivity index (χ2v) is 5.65. The molecule has 1 N–H and O–H groups in total. The first-order valence-electron chi connectivity index (χ1n) is 7.75. The van der Waals surface area contributed by atoms with E-state index in [9.17, 15) is 10.1 Å². The summed E-state index contributed by atoms with van der Waals surface area (Å²) in [7, 11) is 1.77. The Morgan fingerprint density at radius 3 is 2.86 bits per heavy atom. The van der Waals surface area contributed by atoms with Crippen LogP contribution in [0.5, 0.6) is 0 Å². The number of hydrogen-bond donors (Lipinski definition) is 1. The zero-order valence-corrected chi connectivity index (χ0v) is 13.1. The van der Waals surface area contributed by atoms with Crippen LogP contribution in [0.2, 0.25) is 0 Å². The number of aromatic nitrogens is 2. The van der Waals surface area contributed by atoms with Gasteiger partial charge in [-0.3, -0.25) is 10.1 Å². The molecule has 1 atom stereocenters. The van der Waals surface area contributed by atoms with Gasteiger partial charge in [0.2, 0.25) is 5.82 Å². The van der Waals surface area contributed by atoms with Crippen molar-refractivity contribution in [2.24, 2.45) is 7.05 Å². The quantitative estimate of drug-likeness (QED) is 0.643. The third kappa shape index (κ3) is 3.53. The Morgan fingerprint density at radius 1 is 1.48 bits per heavy atom. The highest BCUT2D eigenvalue weighted by Crippen LogP contribution is 2.30. The average Bonchev–Trinajstić information content (AvgIpc) is 2.76. The predicted molar refractivity (Wildman–Crippen MR) is 82.6 cm³/mol. The lowest BCUT2D eigenvalue weighted by Gasteiger charge is -2.32. The molecule has 0 radical (unpaired) electrons. The second kappa shape index (κ2) is 6.89. The Bertz CT molecular complexity index is 500. The van der Waals surface area contributed by atoms with Gasteiger partial charge in [0.15, 0.2) is 0 Å². The SMILES string of the molecule is CCCc1nn(C)c(NC2CCCN(CC)C2)c1[N+](=O)[O-]. The number of nitro groups is 1. The molecule has 1 aromatic rings. The number of likely N-dealkylation sites (tertiary alicyclic amines) is 1. The molecule has 0 saturated carbocycles. The molecule has 7 heteroatoms. The topological polar surface area (TPSA) is 76.2 Å². The third-order valence-corrected chi connectivity index (χ3v) is 4.05. The van der Waals surface area contributed by atoms with E-state index in [0.717, 1.165) is 38.9 Å². The van der Waals surface area contributed by atoms with Gasteiger partial charge in [0, 0.05) is 19.6 Å². The fourth-order valence-corrected chi connectivity index (χ4v) is 2.98. The molecular formula is C14H25N5O2. The summed E-state index contributed by atoms with van der Waals surface area (Å²) >= 11 is 0. The summed E-state index contributed by atoms with van der Waals surface area (Å²) in [6.07, 6.45) is 3.66. The van der Waals surface area contributed by atoms with E-state index in [2.05, 4.69) is 22.2 Å². The summed E-state index contributed by atoms with van der Waals surface area (Å²) < 4.78 is 1.62. The van der Waals surface area contributed by atoms with Gasteiger partial charge in [0.05, 0.1) is 4.92 Å². The van der Waals surface area contributed by atoms with Gasteiger partial charge >= 0.3 is 5.69 Å². The van der Waals surface area contributed by atoms with E-state index in [-0.39, 0.29) is 16.7 Å². The minimum atomic E-state index is -0.305. The van der Waals surface area contributed by atoms with E-state index < -0.39 is 0 Å². The maximum absolute atomic E-state index is 11.4. The Balaban J connectivity index is 2.20. The standard InChI is InChI=1S/C14H25N5O2/c1-4-7-12-13(19(20)21)14(17(3)16-12)15-11-8-6-9-18(5-2)10-11/h11,15H,4-10H2,1-3H3. The van der Waals surface area contributed by atoms with E-state index in [1.165, 1.54) is 0 Å². The van der Waals surface area contributed by atoms with E-state index in [0.29, 0.717) is 17.9 Å². The molecule has 2 rings (SSSR count). The van der Waals surface area contributed by atoms with Crippen molar-refractivity contribution < 1.29 is 4.92 Å². The monoisotopic (exact) mass is 295 g/mol. The van der Waals surface area contributed by atoms with Gasteiger partial charge in [-0.1, -0.05) is 20.3 Å². The van der Waals surface area contributed by atoms with Crippen LogP contribution in [0.4, 0.5) is 11.5 Å². The third-order valence-electron chi connectivity index (χ3n) is 4.05. The molecule has 2 heterocycles. The minimum absolute atomic E-state index is 0.146. The van der Waals surface area contributed by atoms with Crippen molar-refractivity contribution in [1.82, 2.24) is 14.7 Å². The first-order chi connectivity index (χ1) is 10.1. The number of likely N-dealkylation sites (N-methyl/N-ethyl adjacent to an activating group) is 1. The van der Waals surface area contributed by atoms with Crippen LogP contribution in [0, 0.1) is 10.1 Å². The summed E-state index contributed by atoms with van der Waals surface area (Å²) in [4.78, 5) is 13.5. The molecule has 1 unspecified atom stereocenters. The number of aryl methyl sites for hydroxylation is 2. The second-order valence-electron chi connectivity index (χ2n) is 5.65. The number of anilines is 1. The summed E-state index contributed by atoms with van der Waals surface area (Å²) in [6.45, 7) is 7.22. The molecule has 0 spiro atoms. The van der Waals surface area contributed by atoms with Crippen molar-refractivity contribution in [1.29, 1.82) is 0 Å². The Kier molecular flexibility index (Phi) is 5.17. The lowest BCUT2D eigenvalue weighted by Crippen LogP contribution is -2.42. The number of rotatable bonds is 6. The van der Waals surface area contributed by atoms with Crippen molar-refractivity contribution in [3.8, 4) is 0 Å². The molecule has 1 aliphatic heterocycles. The lowest BCUT2D eigenvalue weighted by atomic mass is 10.1. The van der Waals surface area contributed by atoms with Crippen LogP contribution in [0.1, 0.15) is 38.8 Å². The summed E-state index contributed by atoms with van der Waals surface area (Å²) in [6, 6.07) is 0.252. The van der Waals surface area contributed by atoms with Crippen molar-refractivity contribution in [3.05, 3.63) is 15.8 Å². The van der Waals surface area contributed by atoms with E-state index >= 15 is 0 Å². The molecule has 1 aromatic heterocycles. The molecule has 1 saturated heterocycles. The average molecular weight is 295 g/mol. The van der Waals surface area contributed by atoms with E-state index in [1.54, 1.807) is 11.7 Å². The normalized spacial score (nSPS) is 19.7. The van der Waals surface area contributed by atoms with Crippen molar-refractivity contribution in [3.63, 3.8) is 0 Å². The van der Waals surface area contributed by atoms with Crippen LogP contribution in [0.25, 0.3) is 0 Å². The number of hydrogen-bond acceptors (Lipinski definition) is 5. The Morgan fingerprint density at radius 2 is 2.24 bits per heavy atom. The van der Waals surface area contributed by atoms with Gasteiger partial charge < -0.3 is 10.2 Å². The van der Waals surface area contributed by atoms with Gasteiger partial charge in [-0.25, -0.2) is 4.68 Å². The van der Waals surface area contributed by atoms with E-state index in [1.807, 2.05) is 6.92 Å². The van der Waals surface area contributed by atoms with Gasteiger partial charge in [-0.15, -0.1) is 0 Å². The summed E-state index contributed by atoms with van der Waals surface area (Å²) in [5.74, 6) is 0.548. The molecule has 21 heavy (non-hydrogen) atoms. The maximum Gasteiger partial charge on any atom is 0.333 e. The first-order valence-corrected chi connectivity index (χ1v) is 7.75. The van der Waals surface area contributed by atoms with Crippen LogP contribution in [0.3, 0.4) is 0 Å². The molecule has 1 fully saturated rings. The largest absolute Gasteiger partial charge is 0.361 e. The molecule has 0 aliphatic carbocycles. The molecule has 118 valence electrons. The number of piperidine rings is 1. The van der Waals surface area contributed by atoms with Crippen LogP contribution in [-0.4, -0.2) is 45.3 Å². The van der Waals surface area contributed by atoms with Crippen LogP contribution >= 0.6 is 0 Å². The van der Waals surface area contributed by atoms with Crippen molar-refractivity contribution >= 4 is 11.5 Å². The van der Waals surface area contributed by atoms with Gasteiger partial charge in [0.1, 0.15) is 5.69 Å². The molecule has 1 aliphatic rings. The molecular weight excluding hydrogens is 270 g/mol. The molecule has 7 nitrogen and oxygen atoms in total. The lowest BCUT2D eigenvalue weighted by molar-refractivity contribution is -0.384. The van der Waals surface area contributed by atoms with Crippen LogP contribution < -0.4 is 5.32 Å². The highest BCUT2D eigenvalue weighted by atomic mass is 16.6. The highest BCUT2D eigenvalue weighted by molar-refractivity contribution is 5.60. The smallest absolute Gasteiger partial charge is 0.333 e. The van der Waals surface area contributed by atoms with Gasteiger partial charge in [-0.2, -0.15) is 5.10 Å². The maximum atomic E-state index is 11.4. The van der Waals surface area contributed by atoms with Crippen LogP contribution in [0.15, 0.2) is 0 Å². The fraction of sp³-hybridized carbons (Fsp3) is 0.786.